The molecule has 0 spiro atoms. The summed E-state index contributed by atoms with van der Waals surface area (Å²) in [7, 11) is 0.922. The fraction of sp³-hybridized carbons (Fsp3) is 0.611. The first-order valence-corrected chi connectivity index (χ1v) is 9.54. The number of hydrogen-bond donors (Lipinski definition) is 2. The summed E-state index contributed by atoms with van der Waals surface area (Å²) in [5, 5.41) is 6.64. The second kappa shape index (κ2) is 9.71. The highest BCUT2D eigenvalue weighted by Gasteiger charge is 2.18. The van der Waals surface area contributed by atoms with Crippen LogP contribution < -0.4 is 10.6 Å². The highest BCUT2D eigenvalue weighted by molar-refractivity contribution is 7.86. The van der Waals surface area contributed by atoms with Crippen LogP contribution in [0, 0.1) is 0 Å². The average Bonchev–Trinajstić information content (AvgIpc) is 2.51. The quantitative estimate of drug-likeness (QED) is 0.594. The van der Waals surface area contributed by atoms with Crippen LogP contribution in [0.3, 0.4) is 0 Å². The highest BCUT2D eigenvalue weighted by Crippen LogP contribution is 2.10. The van der Waals surface area contributed by atoms with Gasteiger partial charge < -0.3 is 10.6 Å². The zero-order valence-corrected chi connectivity index (χ0v) is 15.9. The third-order valence-electron chi connectivity index (χ3n) is 3.58. The molecule has 0 radical (unpaired) electrons. The van der Waals surface area contributed by atoms with Gasteiger partial charge in [-0.25, -0.2) is 0 Å². The predicted molar refractivity (Wildman–Crippen MR) is 101 cm³/mol. The van der Waals surface area contributed by atoms with Crippen molar-refractivity contribution in [3.05, 3.63) is 35.9 Å². The molecule has 2 atom stereocenters. The summed E-state index contributed by atoms with van der Waals surface area (Å²) in [6.45, 7) is 8.82. The Morgan fingerprint density at radius 2 is 1.91 bits per heavy atom. The third kappa shape index (κ3) is 8.16. The van der Waals surface area contributed by atoms with Gasteiger partial charge in [0.2, 0.25) is 0 Å². The molecule has 0 bridgehead atoms. The van der Waals surface area contributed by atoms with Gasteiger partial charge in [-0.15, -0.1) is 0 Å². The SMILES string of the molecule is CN=C(NCCS(=O)C(C)(C)C)NC(C)CCc1ccccc1. The van der Waals surface area contributed by atoms with Crippen molar-refractivity contribution in [3.8, 4) is 0 Å². The van der Waals surface area contributed by atoms with E-state index in [0.717, 1.165) is 18.8 Å². The standard InChI is InChI=1S/C18H31N3OS/c1-15(11-12-16-9-7-6-8-10-16)21-17(19-5)20-13-14-23(22)18(2,3)4/h6-10,15H,11-14H2,1-5H3,(H2,19,20,21). The van der Waals surface area contributed by atoms with Gasteiger partial charge in [-0.1, -0.05) is 30.3 Å². The monoisotopic (exact) mass is 337 g/mol. The largest absolute Gasteiger partial charge is 0.355 e. The summed E-state index contributed by atoms with van der Waals surface area (Å²) in [6, 6.07) is 10.8. The molecular formula is C18H31N3OS. The second-order valence-electron chi connectivity index (χ2n) is 6.73. The van der Waals surface area contributed by atoms with Crippen molar-refractivity contribution in [1.29, 1.82) is 0 Å². The lowest BCUT2D eigenvalue weighted by atomic mass is 10.1. The molecule has 2 unspecified atom stereocenters. The van der Waals surface area contributed by atoms with Gasteiger partial charge in [0.15, 0.2) is 5.96 Å². The van der Waals surface area contributed by atoms with Gasteiger partial charge in [0.1, 0.15) is 0 Å². The molecule has 0 aliphatic heterocycles. The van der Waals surface area contributed by atoms with Crippen molar-refractivity contribution in [3.63, 3.8) is 0 Å². The Kier molecular flexibility index (Phi) is 8.31. The second-order valence-corrected chi connectivity index (χ2v) is 9.05. The lowest BCUT2D eigenvalue weighted by molar-refractivity contribution is 0.594. The molecule has 0 amide bonds. The Morgan fingerprint density at radius 3 is 2.48 bits per heavy atom. The van der Waals surface area contributed by atoms with E-state index in [1.165, 1.54) is 5.56 Å². The Hall–Kier alpha value is -1.36. The zero-order chi connectivity index (χ0) is 17.3. The van der Waals surface area contributed by atoms with Crippen molar-refractivity contribution in [2.24, 2.45) is 4.99 Å². The van der Waals surface area contributed by atoms with Crippen molar-refractivity contribution >= 4 is 16.8 Å². The number of rotatable bonds is 7. The molecule has 2 N–H and O–H groups in total. The van der Waals surface area contributed by atoms with Crippen LogP contribution in [0.15, 0.2) is 35.3 Å². The minimum atomic E-state index is -0.842. The smallest absolute Gasteiger partial charge is 0.191 e. The number of guanidine groups is 1. The summed E-state index contributed by atoms with van der Waals surface area (Å²) >= 11 is 0. The predicted octanol–water partition coefficient (Wildman–Crippen LogP) is 2.72. The van der Waals surface area contributed by atoms with Gasteiger partial charge in [-0.05, 0) is 46.1 Å². The van der Waals surface area contributed by atoms with Gasteiger partial charge in [0.25, 0.3) is 0 Å². The summed E-state index contributed by atoms with van der Waals surface area (Å²) in [5.74, 6) is 1.40. The molecule has 0 heterocycles. The van der Waals surface area contributed by atoms with Crippen LogP contribution in [0.5, 0.6) is 0 Å². The van der Waals surface area contributed by atoms with Gasteiger partial charge >= 0.3 is 0 Å². The van der Waals surface area contributed by atoms with Crippen LogP contribution in [0.25, 0.3) is 0 Å². The van der Waals surface area contributed by atoms with Crippen LogP contribution in [0.4, 0.5) is 0 Å². The lowest BCUT2D eigenvalue weighted by Crippen LogP contribution is -2.44. The minimum Gasteiger partial charge on any atom is -0.355 e. The Bertz CT molecular complexity index is 509. The summed E-state index contributed by atoms with van der Waals surface area (Å²) in [5.41, 5.74) is 1.35. The van der Waals surface area contributed by atoms with Crippen LogP contribution in [-0.2, 0) is 17.2 Å². The molecule has 1 rings (SSSR count). The maximum atomic E-state index is 12.0. The maximum Gasteiger partial charge on any atom is 0.191 e. The van der Waals surface area contributed by atoms with Gasteiger partial charge in [-0.2, -0.15) is 0 Å². The molecule has 130 valence electrons. The van der Waals surface area contributed by atoms with E-state index in [-0.39, 0.29) is 4.75 Å². The van der Waals surface area contributed by atoms with E-state index in [0.29, 0.717) is 18.3 Å². The van der Waals surface area contributed by atoms with E-state index in [2.05, 4.69) is 46.8 Å². The Balaban J connectivity index is 2.31. The molecule has 0 saturated carbocycles. The van der Waals surface area contributed by atoms with Crippen molar-refractivity contribution in [1.82, 2.24) is 10.6 Å². The van der Waals surface area contributed by atoms with Crippen molar-refractivity contribution in [2.75, 3.05) is 19.3 Å². The van der Waals surface area contributed by atoms with E-state index >= 15 is 0 Å². The molecule has 5 heteroatoms. The molecule has 0 aliphatic carbocycles. The van der Waals surface area contributed by atoms with Crippen molar-refractivity contribution < 1.29 is 4.21 Å². The number of nitrogens with zero attached hydrogens (tertiary/aromatic N) is 1. The first kappa shape index (κ1) is 19.7. The molecule has 0 aromatic heterocycles. The van der Waals surface area contributed by atoms with Crippen LogP contribution >= 0.6 is 0 Å². The maximum absolute atomic E-state index is 12.0. The fourth-order valence-corrected chi connectivity index (χ4v) is 3.00. The highest BCUT2D eigenvalue weighted by atomic mass is 32.2. The topological polar surface area (TPSA) is 53.5 Å². The van der Waals surface area contributed by atoms with Gasteiger partial charge in [0, 0.05) is 40.9 Å². The molecule has 1 aromatic rings. The third-order valence-corrected chi connectivity index (χ3v) is 5.52. The Morgan fingerprint density at radius 1 is 1.26 bits per heavy atom. The summed E-state index contributed by atoms with van der Waals surface area (Å²) in [6.07, 6.45) is 2.08. The first-order chi connectivity index (χ1) is 10.8. The molecule has 0 aliphatic rings. The van der Waals surface area contributed by atoms with E-state index in [4.69, 9.17) is 0 Å². The lowest BCUT2D eigenvalue weighted by Gasteiger charge is -2.20. The molecule has 0 fully saturated rings. The first-order valence-electron chi connectivity index (χ1n) is 8.22. The minimum absolute atomic E-state index is 0.165. The van der Waals surface area contributed by atoms with Gasteiger partial charge in [0.05, 0.1) is 0 Å². The normalized spacial score (nSPS) is 15.1. The molecule has 23 heavy (non-hydrogen) atoms. The van der Waals surface area contributed by atoms with Crippen molar-refractivity contribution in [2.45, 2.75) is 51.3 Å². The number of benzene rings is 1. The number of aliphatic imine (C=N–C) groups is 1. The summed E-state index contributed by atoms with van der Waals surface area (Å²) in [4.78, 5) is 4.24. The van der Waals surface area contributed by atoms with Crippen LogP contribution in [-0.4, -0.2) is 40.3 Å². The Labute approximate surface area is 143 Å². The molecular weight excluding hydrogens is 306 g/mol. The van der Waals surface area contributed by atoms with Gasteiger partial charge in [-0.3, -0.25) is 9.20 Å². The number of nitrogens with one attached hydrogen (secondary N) is 2. The van der Waals surface area contributed by atoms with E-state index in [1.807, 2.05) is 26.8 Å². The fourth-order valence-electron chi connectivity index (χ4n) is 2.10. The van der Waals surface area contributed by atoms with E-state index in [9.17, 15) is 4.21 Å². The van der Waals surface area contributed by atoms with Crippen LogP contribution in [0.1, 0.15) is 39.7 Å². The zero-order valence-electron chi connectivity index (χ0n) is 15.1. The number of hydrogen-bond acceptors (Lipinski definition) is 2. The van der Waals surface area contributed by atoms with E-state index < -0.39 is 10.8 Å². The number of aryl methyl sites for hydroxylation is 1. The summed E-state index contributed by atoms with van der Waals surface area (Å²) < 4.78 is 11.9. The average molecular weight is 338 g/mol. The van der Waals surface area contributed by atoms with E-state index in [1.54, 1.807) is 7.05 Å². The van der Waals surface area contributed by atoms with Crippen LogP contribution in [0.2, 0.25) is 0 Å². The molecule has 4 nitrogen and oxygen atoms in total. The molecule has 0 saturated heterocycles. The molecule has 1 aromatic carbocycles.